The van der Waals surface area contributed by atoms with Gasteiger partial charge >= 0.3 is 0 Å². The van der Waals surface area contributed by atoms with Gasteiger partial charge in [-0.25, -0.2) is 4.98 Å². The van der Waals surface area contributed by atoms with Crippen molar-refractivity contribution in [3.05, 3.63) is 84.6 Å². The van der Waals surface area contributed by atoms with Crippen molar-refractivity contribution in [2.45, 2.75) is 6.92 Å². The highest BCUT2D eigenvalue weighted by molar-refractivity contribution is 5.89. The molecule has 0 aliphatic heterocycles. The Kier molecular flexibility index (Phi) is 3.01. The van der Waals surface area contributed by atoms with E-state index in [2.05, 4.69) is 65.0 Å². The minimum atomic E-state index is 0.946. The highest BCUT2D eigenvalue weighted by Gasteiger charge is 2.12. The highest BCUT2D eigenvalue weighted by atomic mass is 15.1. The van der Waals surface area contributed by atoms with Crippen LogP contribution in [0.2, 0.25) is 0 Å². The zero-order valence-corrected chi connectivity index (χ0v) is 12.4. The van der Waals surface area contributed by atoms with E-state index in [0.29, 0.717) is 0 Å². The summed E-state index contributed by atoms with van der Waals surface area (Å²) in [5.41, 5.74) is 4.81. The van der Waals surface area contributed by atoms with Crippen LogP contribution in [0.15, 0.2) is 79.0 Å². The van der Waals surface area contributed by atoms with E-state index in [4.69, 9.17) is 0 Å². The maximum Gasteiger partial charge on any atom is 0.137 e. The van der Waals surface area contributed by atoms with Crippen LogP contribution in [0.5, 0.6) is 0 Å². The van der Waals surface area contributed by atoms with Gasteiger partial charge in [0.05, 0.1) is 11.2 Å². The van der Waals surface area contributed by atoms with Crippen LogP contribution < -0.4 is 0 Å². The van der Waals surface area contributed by atoms with Crippen LogP contribution in [-0.4, -0.2) is 9.55 Å². The van der Waals surface area contributed by atoms with E-state index in [-0.39, 0.29) is 0 Å². The summed E-state index contributed by atoms with van der Waals surface area (Å²) in [6.45, 7) is 2.12. The first-order valence-corrected chi connectivity index (χ1v) is 7.42. The van der Waals surface area contributed by atoms with Gasteiger partial charge in [-0.2, -0.15) is 0 Å². The molecular formula is C20H16N2. The van der Waals surface area contributed by atoms with E-state index >= 15 is 0 Å². The van der Waals surface area contributed by atoms with Crippen molar-refractivity contribution in [2.24, 2.45) is 0 Å². The van der Waals surface area contributed by atoms with E-state index in [0.717, 1.165) is 5.82 Å². The number of aryl methyl sites for hydroxylation is 1. The van der Waals surface area contributed by atoms with Crippen molar-refractivity contribution in [3.8, 4) is 17.1 Å². The van der Waals surface area contributed by atoms with Crippen LogP contribution in [0.1, 0.15) is 5.56 Å². The average molecular weight is 284 g/mol. The summed E-state index contributed by atoms with van der Waals surface area (Å²) >= 11 is 0. The van der Waals surface area contributed by atoms with Gasteiger partial charge in [0.2, 0.25) is 0 Å². The zero-order chi connectivity index (χ0) is 14.9. The smallest absolute Gasteiger partial charge is 0.137 e. The second-order valence-electron chi connectivity index (χ2n) is 5.48. The lowest BCUT2D eigenvalue weighted by Crippen LogP contribution is -1.99. The molecule has 0 bridgehead atoms. The van der Waals surface area contributed by atoms with Crippen molar-refractivity contribution in [3.63, 3.8) is 0 Å². The largest absolute Gasteiger partial charge is 0.294 e. The number of hydrogen-bond donors (Lipinski definition) is 0. The first-order valence-electron chi connectivity index (χ1n) is 7.42. The normalized spacial score (nSPS) is 11.0. The van der Waals surface area contributed by atoms with E-state index in [9.17, 15) is 0 Å². The summed E-state index contributed by atoms with van der Waals surface area (Å²) in [6, 6.07) is 25.3. The Morgan fingerprint density at radius 1 is 0.818 bits per heavy atom. The molecule has 0 radical (unpaired) electrons. The maximum absolute atomic E-state index is 4.55. The van der Waals surface area contributed by atoms with E-state index < -0.39 is 0 Å². The van der Waals surface area contributed by atoms with E-state index in [1.165, 1.54) is 27.7 Å². The number of nitrogens with zero attached hydrogens (tertiary/aromatic N) is 2. The zero-order valence-electron chi connectivity index (χ0n) is 12.4. The fraction of sp³-hybridized carbons (Fsp3) is 0.0500. The molecule has 106 valence electrons. The van der Waals surface area contributed by atoms with E-state index in [1.54, 1.807) is 0 Å². The van der Waals surface area contributed by atoms with Gasteiger partial charge in [0.25, 0.3) is 0 Å². The molecular weight excluding hydrogens is 268 g/mol. The van der Waals surface area contributed by atoms with Crippen molar-refractivity contribution in [1.82, 2.24) is 9.55 Å². The Balaban J connectivity index is 2.08. The van der Waals surface area contributed by atoms with Gasteiger partial charge in [-0.15, -0.1) is 0 Å². The molecule has 2 heteroatoms. The highest BCUT2D eigenvalue weighted by Crippen LogP contribution is 2.31. The van der Waals surface area contributed by atoms with Gasteiger partial charge in [0.1, 0.15) is 5.82 Å². The Morgan fingerprint density at radius 2 is 1.64 bits per heavy atom. The van der Waals surface area contributed by atoms with Crippen LogP contribution in [0.25, 0.3) is 28.0 Å². The molecule has 0 spiro atoms. The summed E-state index contributed by atoms with van der Waals surface area (Å²) in [5.74, 6) is 0.946. The predicted molar refractivity (Wildman–Crippen MR) is 91.2 cm³/mol. The summed E-state index contributed by atoms with van der Waals surface area (Å²) in [7, 11) is 0. The predicted octanol–water partition coefficient (Wildman–Crippen LogP) is 5.00. The Bertz CT molecular complexity index is 922. The molecule has 2 aromatic heterocycles. The van der Waals surface area contributed by atoms with Gasteiger partial charge < -0.3 is 0 Å². The molecule has 0 aliphatic rings. The molecule has 0 amide bonds. The molecule has 22 heavy (non-hydrogen) atoms. The lowest BCUT2D eigenvalue weighted by atomic mass is 10.1. The maximum atomic E-state index is 4.55. The minimum Gasteiger partial charge on any atom is -0.294 e. The van der Waals surface area contributed by atoms with Crippen LogP contribution >= 0.6 is 0 Å². The molecule has 0 unspecified atom stereocenters. The summed E-state index contributed by atoms with van der Waals surface area (Å²) in [6.07, 6.45) is 1.84. The summed E-state index contributed by atoms with van der Waals surface area (Å²) in [4.78, 5) is 4.55. The lowest BCUT2D eigenvalue weighted by molar-refractivity contribution is 1.05. The monoisotopic (exact) mass is 284 g/mol. The topological polar surface area (TPSA) is 17.8 Å². The third-order valence-electron chi connectivity index (χ3n) is 3.91. The Labute approximate surface area is 129 Å². The molecule has 0 fully saturated rings. The SMILES string of the molecule is Cc1ccc2cc(-c3ccccc3)n(-c3ccccn3)c2c1. The van der Waals surface area contributed by atoms with Crippen molar-refractivity contribution < 1.29 is 0 Å². The molecule has 4 rings (SSSR count). The number of pyridine rings is 1. The molecule has 0 N–H and O–H groups in total. The molecule has 4 aromatic rings. The van der Waals surface area contributed by atoms with Crippen molar-refractivity contribution in [2.75, 3.05) is 0 Å². The molecule has 0 aliphatic carbocycles. The standard InChI is InChI=1S/C20H16N2/c1-15-10-11-17-14-19(16-7-3-2-4-8-16)22(18(17)13-15)20-9-5-6-12-21-20/h2-14H,1H3. The van der Waals surface area contributed by atoms with Crippen LogP contribution in [0.4, 0.5) is 0 Å². The quantitative estimate of drug-likeness (QED) is 0.506. The Hall–Kier alpha value is -2.87. The Morgan fingerprint density at radius 3 is 2.41 bits per heavy atom. The second kappa shape index (κ2) is 5.15. The van der Waals surface area contributed by atoms with Gasteiger partial charge in [-0.1, -0.05) is 48.5 Å². The van der Waals surface area contributed by atoms with Crippen molar-refractivity contribution in [1.29, 1.82) is 0 Å². The summed E-state index contributed by atoms with van der Waals surface area (Å²) in [5, 5.41) is 1.23. The molecule has 0 atom stereocenters. The molecule has 0 saturated heterocycles. The van der Waals surface area contributed by atoms with Crippen LogP contribution in [-0.2, 0) is 0 Å². The number of benzene rings is 2. The van der Waals surface area contributed by atoms with Gasteiger partial charge in [-0.05, 0) is 42.3 Å². The van der Waals surface area contributed by atoms with Gasteiger partial charge in [0.15, 0.2) is 0 Å². The lowest BCUT2D eigenvalue weighted by Gasteiger charge is -2.10. The van der Waals surface area contributed by atoms with E-state index in [1.807, 2.05) is 30.5 Å². The number of fused-ring (bicyclic) bond motifs is 1. The first kappa shape index (κ1) is 12.8. The van der Waals surface area contributed by atoms with Gasteiger partial charge in [-0.3, -0.25) is 4.57 Å². The fourth-order valence-corrected chi connectivity index (χ4v) is 2.87. The third-order valence-corrected chi connectivity index (χ3v) is 3.91. The van der Waals surface area contributed by atoms with Gasteiger partial charge in [0, 0.05) is 11.6 Å². The fourth-order valence-electron chi connectivity index (χ4n) is 2.87. The average Bonchev–Trinajstić information content (AvgIpc) is 2.95. The second-order valence-corrected chi connectivity index (χ2v) is 5.48. The van der Waals surface area contributed by atoms with Crippen LogP contribution in [0.3, 0.4) is 0 Å². The van der Waals surface area contributed by atoms with Crippen molar-refractivity contribution >= 4 is 10.9 Å². The minimum absolute atomic E-state index is 0.946. The van der Waals surface area contributed by atoms with Crippen LogP contribution in [0, 0.1) is 6.92 Å². The summed E-state index contributed by atoms with van der Waals surface area (Å²) < 4.78 is 2.23. The molecule has 0 saturated carbocycles. The molecule has 2 heterocycles. The molecule has 2 aromatic carbocycles. The number of rotatable bonds is 2. The first-order chi connectivity index (χ1) is 10.8. The molecule has 2 nitrogen and oxygen atoms in total. The third kappa shape index (κ3) is 2.09. The number of aromatic nitrogens is 2. The number of hydrogen-bond acceptors (Lipinski definition) is 1.